The van der Waals surface area contributed by atoms with Crippen molar-refractivity contribution in [1.82, 2.24) is 0 Å². The Bertz CT molecular complexity index is 250. The van der Waals surface area contributed by atoms with Gasteiger partial charge in [-0.3, -0.25) is 14.4 Å². The van der Waals surface area contributed by atoms with E-state index < -0.39 is 5.92 Å². The second-order valence-electron chi connectivity index (χ2n) is 4.04. The smallest absolute Gasteiger partial charge is 0.151 e. The molecule has 0 bridgehead atoms. The van der Waals surface area contributed by atoms with Crippen molar-refractivity contribution in [2.24, 2.45) is 11.8 Å². The van der Waals surface area contributed by atoms with Gasteiger partial charge < -0.3 is 0 Å². The molecule has 78 valence electrons. The normalized spacial score (nSPS) is 27.9. The number of hydrogen-bond acceptors (Lipinski definition) is 3. The molecule has 3 heteroatoms. The molecule has 0 aromatic carbocycles. The van der Waals surface area contributed by atoms with Gasteiger partial charge in [-0.15, -0.1) is 0 Å². The maximum atomic E-state index is 11.5. The van der Waals surface area contributed by atoms with E-state index in [0.717, 1.165) is 12.8 Å². The van der Waals surface area contributed by atoms with Crippen LogP contribution in [0.25, 0.3) is 0 Å². The first-order valence-electron chi connectivity index (χ1n) is 5.12. The predicted octanol–water partition coefficient (Wildman–Crippen LogP) is 1.54. The molecule has 0 aliphatic heterocycles. The molecular formula is C11H16O3. The monoisotopic (exact) mass is 196 g/mol. The van der Waals surface area contributed by atoms with Gasteiger partial charge in [0.25, 0.3) is 0 Å². The minimum atomic E-state index is -0.942. The molecule has 0 spiro atoms. The van der Waals surface area contributed by atoms with E-state index in [4.69, 9.17) is 0 Å². The van der Waals surface area contributed by atoms with Gasteiger partial charge in [0.15, 0.2) is 11.6 Å². The molecule has 0 unspecified atom stereocenters. The average Bonchev–Trinajstić information content (AvgIpc) is 2.01. The van der Waals surface area contributed by atoms with Crippen LogP contribution >= 0.6 is 0 Å². The highest BCUT2D eigenvalue weighted by atomic mass is 16.2. The van der Waals surface area contributed by atoms with Crippen molar-refractivity contribution in [3.8, 4) is 0 Å². The molecule has 0 radical (unpaired) electrons. The Morgan fingerprint density at radius 2 is 1.79 bits per heavy atom. The van der Waals surface area contributed by atoms with Crippen molar-refractivity contribution in [3.63, 3.8) is 0 Å². The summed E-state index contributed by atoms with van der Waals surface area (Å²) in [7, 11) is 0. The van der Waals surface area contributed by atoms with Gasteiger partial charge in [0.05, 0.1) is 0 Å². The number of carbonyl (C=O) groups is 3. The van der Waals surface area contributed by atoms with Crippen LogP contribution in [0.3, 0.4) is 0 Å². The van der Waals surface area contributed by atoms with Gasteiger partial charge in [0.1, 0.15) is 11.7 Å². The van der Waals surface area contributed by atoms with Gasteiger partial charge in [-0.2, -0.15) is 0 Å². The predicted molar refractivity (Wildman–Crippen MR) is 51.8 cm³/mol. The molecule has 14 heavy (non-hydrogen) atoms. The molecule has 0 N–H and O–H groups in total. The number of hydrogen-bond donors (Lipinski definition) is 0. The van der Waals surface area contributed by atoms with E-state index in [1.807, 2.05) is 6.92 Å². The Kier molecular flexibility index (Phi) is 3.55. The van der Waals surface area contributed by atoms with E-state index in [1.54, 1.807) is 0 Å². The van der Waals surface area contributed by atoms with E-state index in [0.29, 0.717) is 12.8 Å². The standard InChI is InChI=1S/C11H16O3/c1-3-4-8-5-9(13)11(7(2)12)10(14)6-8/h8,11H,3-6H2,1-2H3. The molecule has 1 fully saturated rings. The quantitative estimate of drug-likeness (QED) is 0.643. The zero-order valence-corrected chi connectivity index (χ0v) is 8.71. The van der Waals surface area contributed by atoms with Crippen LogP contribution in [-0.4, -0.2) is 17.3 Å². The lowest BCUT2D eigenvalue weighted by molar-refractivity contribution is -0.142. The summed E-state index contributed by atoms with van der Waals surface area (Å²) in [6.45, 7) is 3.35. The first kappa shape index (κ1) is 11.1. The maximum absolute atomic E-state index is 11.5. The first-order chi connectivity index (χ1) is 6.56. The molecule has 0 saturated heterocycles. The van der Waals surface area contributed by atoms with Crippen molar-refractivity contribution in [2.45, 2.75) is 39.5 Å². The maximum Gasteiger partial charge on any atom is 0.151 e. The summed E-state index contributed by atoms with van der Waals surface area (Å²) < 4.78 is 0. The lowest BCUT2D eigenvalue weighted by Crippen LogP contribution is -2.37. The van der Waals surface area contributed by atoms with Crippen LogP contribution in [-0.2, 0) is 14.4 Å². The van der Waals surface area contributed by atoms with E-state index in [-0.39, 0.29) is 23.3 Å². The Hall–Kier alpha value is -0.990. The third kappa shape index (κ3) is 2.28. The van der Waals surface area contributed by atoms with Gasteiger partial charge in [0.2, 0.25) is 0 Å². The van der Waals surface area contributed by atoms with Crippen molar-refractivity contribution in [2.75, 3.05) is 0 Å². The Morgan fingerprint density at radius 1 is 1.29 bits per heavy atom. The van der Waals surface area contributed by atoms with Crippen LogP contribution in [0.2, 0.25) is 0 Å². The third-order valence-corrected chi connectivity index (χ3v) is 2.73. The number of rotatable bonds is 3. The van der Waals surface area contributed by atoms with Crippen molar-refractivity contribution in [1.29, 1.82) is 0 Å². The topological polar surface area (TPSA) is 51.2 Å². The Morgan fingerprint density at radius 3 is 2.14 bits per heavy atom. The molecule has 0 aromatic heterocycles. The number of ketones is 3. The van der Waals surface area contributed by atoms with Crippen LogP contribution in [0, 0.1) is 11.8 Å². The Labute approximate surface area is 83.9 Å². The molecule has 3 nitrogen and oxygen atoms in total. The molecule has 0 aromatic rings. The van der Waals surface area contributed by atoms with Crippen LogP contribution < -0.4 is 0 Å². The first-order valence-corrected chi connectivity index (χ1v) is 5.12. The second kappa shape index (κ2) is 4.49. The van der Waals surface area contributed by atoms with Gasteiger partial charge >= 0.3 is 0 Å². The minimum absolute atomic E-state index is 0.174. The summed E-state index contributed by atoms with van der Waals surface area (Å²) in [5, 5.41) is 0. The highest BCUT2D eigenvalue weighted by Gasteiger charge is 2.37. The second-order valence-corrected chi connectivity index (χ2v) is 4.04. The highest BCUT2D eigenvalue weighted by Crippen LogP contribution is 2.27. The van der Waals surface area contributed by atoms with E-state index in [9.17, 15) is 14.4 Å². The summed E-state index contributed by atoms with van der Waals surface area (Å²) in [5.74, 6) is -1.41. The fraction of sp³-hybridized carbons (Fsp3) is 0.727. The van der Waals surface area contributed by atoms with Crippen LogP contribution in [0.15, 0.2) is 0 Å². The molecule has 1 aliphatic rings. The SMILES string of the molecule is CCCC1CC(=O)C(C(C)=O)C(=O)C1. The van der Waals surface area contributed by atoms with Crippen LogP contribution in [0.5, 0.6) is 0 Å². The zero-order valence-electron chi connectivity index (χ0n) is 8.71. The molecule has 0 atom stereocenters. The minimum Gasteiger partial charge on any atom is -0.299 e. The van der Waals surface area contributed by atoms with Gasteiger partial charge in [0, 0.05) is 12.8 Å². The number of carbonyl (C=O) groups excluding carboxylic acids is 3. The van der Waals surface area contributed by atoms with Crippen molar-refractivity contribution >= 4 is 17.3 Å². The summed E-state index contributed by atoms with van der Waals surface area (Å²) in [4.78, 5) is 34.0. The van der Waals surface area contributed by atoms with Gasteiger partial charge in [-0.05, 0) is 19.3 Å². The summed E-state index contributed by atoms with van der Waals surface area (Å²) >= 11 is 0. The Balaban J connectivity index is 2.68. The van der Waals surface area contributed by atoms with Crippen molar-refractivity contribution < 1.29 is 14.4 Å². The zero-order chi connectivity index (χ0) is 10.7. The molecule has 0 amide bonds. The third-order valence-electron chi connectivity index (χ3n) is 2.73. The largest absolute Gasteiger partial charge is 0.299 e. The molecule has 1 saturated carbocycles. The highest BCUT2D eigenvalue weighted by molar-refractivity contribution is 6.20. The number of Topliss-reactive ketones (excluding diaryl/α,β-unsaturated/α-hetero) is 3. The molecule has 0 heterocycles. The van der Waals surface area contributed by atoms with Gasteiger partial charge in [-0.1, -0.05) is 13.3 Å². The lowest BCUT2D eigenvalue weighted by Gasteiger charge is -2.24. The van der Waals surface area contributed by atoms with Crippen LogP contribution in [0.4, 0.5) is 0 Å². The summed E-state index contributed by atoms with van der Waals surface area (Å²) in [6.07, 6.45) is 2.70. The van der Waals surface area contributed by atoms with Crippen LogP contribution in [0.1, 0.15) is 39.5 Å². The molecular weight excluding hydrogens is 180 g/mol. The molecule has 1 rings (SSSR count). The summed E-state index contributed by atoms with van der Waals surface area (Å²) in [6, 6.07) is 0. The van der Waals surface area contributed by atoms with Gasteiger partial charge in [-0.25, -0.2) is 0 Å². The summed E-state index contributed by atoms with van der Waals surface area (Å²) in [5.41, 5.74) is 0. The lowest BCUT2D eigenvalue weighted by atomic mass is 9.77. The van der Waals surface area contributed by atoms with E-state index in [2.05, 4.69) is 0 Å². The molecule has 1 aliphatic carbocycles. The van der Waals surface area contributed by atoms with E-state index in [1.165, 1.54) is 6.92 Å². The fourth-order valence-electron chi connectivity index (χ4n) is 2.12. The van der Waals surface area contributed by atoms with E-state index >= 15 is 0 Å². The average molecular weight is 196 g/mol. The fourth-order valence-corrected chi connectivity index (χ4v) is 2.12. The van der Waals surface area contributed by atoms with Crippen molar-refractivity contribution in [3.05, 3.63) is 0 Å².